The summed E-state index contributed by atoms with van der Waals surface area (Å²) in [4.78, 5) is 26.1. The van der Waals surface area contributed by atoms with Gasteiger partial charge in [0.2, 0.25) is 0 Å². The van der Waals surface area contributed by atoms with Gasteiger partial charge < -0.3 is 19.5 Å². The lowest BCUT2D eigenvalue weighted by molar-refractivity contribution is 0.0915. The minimum absolute atomic E-state index is 0.223. The van der Waals surface area contributed by atoms with E-state index < -0.39 is 12.2 Å². The molecule has 7 nitrogen and oxygen atoms in total. The molecular weight excluding hydrogens is 348 g/mol. The Bertz CT molecular complexity index is 852. The first-order valence-electron chi connectivity index (χ1n) is 8.57. The van der Waals surface area contributed by atoms with E-state index in [4.69, 9.17) is 14.2 Å². The fourth-order valence-corrected chi connectivity index (χ4v) is 2.92. The molecule has 1 N–H and O–H groups in total. The third kappa shape index (κ3) is 4.13. The Hall–Kier alpha value is -3.22. The number of methoxy groups -OCH3 is 2. The molecule has 0 aromatic heterocycles. The molecule has 7 heteroatoms. The molecule has 1 unspecified atom stereocenters. The zero-order valence-corrected chi connectivity index (χ0v) is 15.5. The predicted octanol–water partition coefficient (Wildman–Crippen LogP) is 2.77. The van der Waals surface area contributed by atoms with Gasteiger partial charge in [0.25, 0.3) is 5.91 Å². The Morgan fingerprint density at radius 2 is 1.96 bits per heavy atom. The number of carbonyl (C=O) groups excluding carboxylic acids is 2. The summed E-state index contributed by atoms with van der Waals surface area (Å²) in [7, 11) is 3.05. The molecule has 0 bridgehead atoms. The van der Waals surface area contributed by atoms with Crippen molar-refractivity contribution in [3.63, 3.8) is 0 Å². The van der Waals surface area contributed by atoms with Crippen molar-refractivity contribution in [3.8, 4) is 11.5 Å². The first-order valence-corrected chi connectivity index (χ1v) is 8.57. The largest absolute Gasteiger partial charge is 0.493 e. The number of nitrogens with one attached hydrogen (secondary N) is 1. The number of amides is 2. The third-order valence-corrected chi connectivity index (χ3v) is 4.32. The molecule has 0 spiro atoms. The lowest BCUT2D eigenvalue weighted by Gasteiger charge is -2.14. The maximum atomic E-state index is 12.4. The smallest absolute Gasteiger partial charge is 0.414 e. The molecule has 2 aromatic carbocycles. The van der Waals surface area contributed by atoms with Crippen LogP contribution in [0.2, 0.25) is 0 Å². The molecule has 0 aliphatic carbocycles. The molecular formula is C20H22N2O5. The Kier molecular flexibility index (Phi) is 5.49. The van der Waals surface area contributed by atoms with Crippen LogP contribution in [-0.2, 0) is 4.74 Å². The molecule has 1 aliphatic rings. The van der Waals surface area contributed by atoms with Crippen LogP contribution < -0.4 is 19.7 Å². The Labute approximate surface area is 157 Å². The van der Waals surface area contributed by atoms with Gasteiger partial charge >= 0.3 is 6.09 Å². The molecule has 0 saturated carbocycles. The number of rotatable bonds is 6. The molecule has 1 aliphatic heterocycles. The van der Waals surface area contributed by atoms with Crippen molar-refractivity contribution in [2.45, 2.75) is 13.0 Å². The Balaban J connectivity index is 1.60. The van der Waals surface area contributed by atoms with Gasteiger partial charge in [-0.15, -0.1) is 0 Å². The van der Waals surface area contributed by atoms with Crippen molar-refractivity contribution in [1.82, 2.24) is 5.32 Å². The van der Waals surface area contributed by atoms with Crippen molar-refractivity contribution < 1.29 is 23.8 Å². The monoisotopic (exact) mass is 370 g/mol. The zero-order chi connectivity index (χ0) is 19.4. The first kappa shape index (κ1) is 18.6. The molecule has 1 heterocycles. The van der Waals surface area contributed by atoms with Gasteiger partial charge in [-0.3, -0.25) is 9.69 Å². The molecule has 1 fully saturated rings. The number of cyclic esters (lactones) is 1. The van der Waals surface area contributed by atoms with Crippen LogP contribution in [0.25, 0.3) is 0 Å². The summed E-state index contributed by atoms with van der Waals surface area (Å²) < 4.78 is 15.7. The van der Waals surface area contributed by atoms with Crippen molar-refractivity contribution in [3.05, 3.63) is 53.6 Å². The SMILES string of the molecule is COc1ccc(C(=O)NCC2CN(c3cccc(C)c3)C(=O)O2)cc1OC. The Morgan fingerprint density at radius 1 is 1.19 bits per heavy atom. The molecule has 27 heavy (non-hydrogen) atoms. The highest BCUT2D eigenvalue weighted by atomic mass is 16.6. The van der Waals surface area contributed by atoms with Crippen LogP contribution in [0.1, 0.15) is 15.9 Å². The lowest BCUT2D eigenvalue weighted by atomic mass is 10.2. The number of nitrogens with zero attached hydrogens (tertiary/aromatic N) is 1. The quantitative estimate of drug-likeness (QED) is 0.846. The van der Waals surface area contributed by atoms with Crippen LogP contribution in [0.3, 0.4) is 0 Å². The van der Waals surface area contributed by atoms with Gasteiger partial charge in [0.1, 0.15) is 6.10 Å². The van der Waals surface area contributed by atoms with Gasteiger partial charge in [-0.25, -0.2) is 4.79 Å². The predicted molar refractivity (Wildman–Crippen MR) is 101 cm³/mol. The molecule has 1 saturated heterocycles. The van der Waals surface area contributed by atoms with Gasteiger partial charge in [-0.05, 0) is 42.8 Å². The maximum Gasteiger partial charge on any atom is 0.414 e. The number of ether oxygens (including phenoxy) is 3. The van der Waals surface area contributed by atoms with Crippen LogP contribution in [-0.4, -0.2) is 45.4 Å². The fraction of sp³-hybridized carbons (Fsp3) is 0.300. The van der Waals surface area contributed by atoms with E-state index in [1.165, 1.54) is 14.2 Å². The number of benzene rings is 2. The summed E-state index contributed by atoms with van der Waals surface area (Å²) >= 11 is 0. The average Bonchev–Trinajstić information content (AvgIpc) is 3.06. The topological polar surface area (TPSA) is 77.1 Å². The summed E-state index contributed by atoms with van der Waals surface area (Å²) in [6.45, 7) is 2.57. The van der Waals surface area contributed by atoms with E-state index in [0.717, 1.165) is 11.3 Å². The molecule has 2 amide bonds. The highest BCUT2D eigenvalue weighted by Crippen LogP contribution is 2.27. The summed E-state index contributed by atoms with van der Waals surface area (Å²) in [5.41, 5.74) is 2.28. The van der Waals surface area contributed by atoms with Crippen LogP contribution in [0, 0.1) is 6.92 Å². The van der Waals surface area contributed by atoms with E-state index in [-0.39, 0.29) is 12.5 Å². The van der Waals surface area contributed by atoms with E-state index in [1.54, 1.807) is 23.1 Å². The first-order chi connectivity index (χ1) is 13.0. The molecule has 142 valence electrons. The minimum Gasteiger partial charge on any atom is -0.493 e. The lowest BCUT2D eigenvalue weighted by Crippen LogP contribution is -2.34. The second-order valence-electron chi connectivity index (χ2n) is 6.24. The number of hydrogen-bond acceptors (Lipinski definition) is 5. The van der Waals surface area contributed by atoms with Crippen LogP contribution in [0.4, 0.5) is 10.5 Å². The highest BCUT2D eigenvalue weighted by molar-refractivity contribution is 5.95. The van der Waals surface area contributed by atoms with Gasteiger partial charge in [0.15, 0.2) is 11.5 Å². The summed E-state index contributed by atoms with van der Waals surface area (Å²) in [5, 5.41) is 2.79. The second kappa shape index (κ2) is 7.99. The minimum atomic E-state index is -0.415. The summed E-state index contributed by atoms with van der Waals surface area (Å²) in [5.74, 6) is 0.747. The van der Waals surface area contributed by atoms with Gasteiger partial charge in [0.05, 0.1) is 27.3 Å². The molecule has 2 aromatic rings. The van der Waals surface area contributed by atoms with Gasteiger partial charge in [-0.2, -0.15) is 0 Å². The van der Waals surface area contributed by atoms with E-state index in [2.05, 4.69) is 5.32 Å². The van der Waals surface area contributed by atoms with Crippen LogP contribution in [0.5, 0.6) is 11.5 Å². The van der Waals surface area contributed by atoms with E-state index in [0.29, 0.717) is 23.6 Å². The highest BCUT2D eigenvalue weighted by Gasteiger charge is 2.32. The molecule has 3 rings (SSSR count). The number of aryl methyl sites for hydroxylation is 1. The van der Waals surface area contributed by atoms with Crippen molar-refractivity contribution in [2.24, 2.45) is 0 Å². The average molecular weight is 370 g/mol. The van der Waals surface area contributed by atoms with E-state index in [1.807, 2.05) is 31.2 Å². The van der Waals surface area contributed by atoms with Crippen LogP contribution >= 0.6 is 0 Å². The molecule has 0 radical (unpaired) electrons. The second-order valence-corrected chi connectivity index (χ2v) is 6.24. The fourth-order valence-electron chi connectivity index (χ4n) is 2.92. The molecule has 1 atom stereocenters. The maximum absolute atomic E-state index is 12.4. The van der Waals surface area contributed by atoms with Crippen molar-refractivity contribution >= 4 is 17.7 Å². The van der Waals surface area contributed by atoms with E-state index in [9.17, 15) is 9.59 Å². The van der Waals surface area contributed by atoms with Gasteiger partial charge in [0, 0.05) is 11.3 Å². The number of hydrogen-bond donors (Lipinski definition) is 1. The van der Waals surface area contributed by atoms with Crippen molar-refractivity contribution in [1.29, 1.82) is 0 Å². The Morgan fingerprint density at radius 3 is 2.67 bits per heavy atom. The standard InChI is InChI=1S/C20H22N2O5/c1-13-5-4-6-15(9-13)22-12-16(27-20(22)24)11-21-19(23)14-7-8-17(25-2)18(10-14)26-3/h4-10,16H,11-12H2,1-3H3,(H,21,23). The summed E-state index contributed by atoms with van der Waals surface area (Å²) in [6.07, 6.45) is -0.826. The van der Waals surface area contributed by atoms with Crippen molar-refractivity contribution in [2.75, 3.05) is 32.2 Å². The zero-order valence-electron chi connectivity index (χ0n) is 15.5. The normalized spacial score (nSPS) is 16.0. The number of carbonyl (C=O) groups is 2. The van der Waals surface area contributed by atoms with E-state index >= 15 is 0 Å². The number of anilines is 1. The van der Waals surface area contributed by atoms with Crippen LogP contribution in [0.15, 0.2) is 42.5 Å². The third-order valence-electron chi connectivity index (χ3n) is 4.32. The summed E-state index contributed by atoms with van der Waals surface area (Å²) in [6, 6.07) is 12.6. The van der Waals surface area contributed by atoms with Gasteiger partial charge in [-0.1, -0.05) is 12.1 Å².